The highest BCUT2D eigenvalue weighted by Gasteiger charge is 2.32. The lowest BCUT2D eigenvalue weighted by Crippen LogP contribution is -2.13. The summed E-state index contributed by atoms with van der Waals surface area (Å²) in [6.45, 7) is 0. The number of anilines is 1. The maximum Gasteiger partial charge on any atom is 0.433 e. The van der Waals surface area contributed by atoms with Crippen molar-refractivity contribution in [3.8, 4) is 0 Å². The van der Waals surface area contributed by atoms with E-state index >= 15 is 0 Å². The second-order valence-electron chi connectivity index (χ2n) is 3.75. The van der Waals surface area contributed by atoms with E-state index in [1.165, 1.54) is 12.3 Å². The van der Waals surface area contributed by atoms with E-state index in [0.29, 0.717) is 4.60 Å². The molecule has 0 aliphatic rings. The molecule has 0 aliphatic carbocycles. The number of rotatable bonds is 2. The highest BCUT2D eigenvalue weighted by Crippen LogP contribution is 2.27. The first kappa shape index (κ1) is 14.4. The summed E-state index contributed by atoms with van der Waals surface area (Å²) in [5, 5.41) is 2.43. The fraction of sp³-hybridized carbons (Fsp3) is 0.0833. The summed E-state index contributed by atoms with van der Waals surface area (Å²) in [5.41, 5.74) is -0.556. The monoisotopic (exact) mass is 345 g/mol. The van der Waals surface area contributed by atoms with Crippen LogP contribution >= 0.6 is 15.9 Å². The van der Waals surface area contributed by atoms with E-state index in [0.717, 1.165) is 18.3 Å². The third kappa shape index (κ3) is 3.53. The van der Waals surface area contributed by atoms with Crippen molar-refractivity contribution in [2.75, 3.05) is 5.32 Å². The molecule has 0 aromatic carbocycles. The number of pyridine rings is 2. The van der Waals surface area contributed by atoms with Gasteiger partial charge in [0.15, 0.2) is 0 Å². The van der Waals surface area contributed by atoms with E-state index in [1.807, 2.05) is 0 Å². The summed E-state index contributed by atoms with van der Waals surface area (Å²) >= 11 is 3.13. The van der Waals surface area contributed by atoms with Gasteiger partial charge in [-0.2, -0.15) is 13.2 Å². The number of aromatic nitrogens is 2. The van der Waals surface area contributed by atoms with Crippen LogP contribution in [0, 0.1) is 0 Å². The highest BCUT2D eigenvalue weighted by atomic mass is 79.9. The van der Waals surface area contributed by atoms with Gasteiger partial charge >= 0.3 is 6.18 Å². The zero-order valence-corrected chi connectivity index (χ0v) is 11.4. The van der Waals surface area contributed by atoms with Gasteiger partial charge in [0.25, 0.3) is 5.91 Å². The number of halogens is 4. The third-order valence-corrected chi connectivity index (χ3v) is 2.77. The molecular formula is C12H7BrF3N3O. The maximum absolute atomic E-state index is 12.3. The summed E-state index contributed by atoms with van der Waals surface area (Å²) < 4.78 is 37.5. The van der Waals surface area contributed by atoms with Gasteiger partial charge in [0.2, 0.25) is 0 Å². The van der Waals surface area contributed by atoms with Crippen LogP contribution in [0.1, 0.15) is 16.1 Å². The van der Waals surface area contributed by atoms with Crippen LogP contribution in [0.2, 0.25) is 0 Å². The van der Waals surface area contributed by atoms with Crippen molar-refractivity contribution in [1.29, 1.82) is 0 Å². The summed E-state index contributed by atoms with van der Waals surface area (Å²) in [6, 6.07) is 5.05. The first-order chi connectivity index (χ1) is 9.36. The van der Waals surface area contributed by atoms with Crippen LogP contribution in [0.3, 0.4) is 0 Å². The minimum Gasteiger partial charge on any atom is -0.321 e. The Hall–Kier alpha value is -1.96. The topological polar surface area (TPSA) is 54.9 Å². The van der Waals surface area contributed by atoms with Crippen LogP contribution < -0.4 is 5.32 Å². The number of hydrogen-bond donors (Lipinski definition) is 1. The Bertz CT molecular complexity index is 611. The minimum absolute atomic E-state index is 0.172. The average Bonchev–Trinajstić information content (AvgIpc) is 2.39. The number of nitrogens with one attached hydrogen (secondary N) is 1. The lowest BCUT2D eigenvalue weighted by atomic mass is 10.2. The molecule has 0 fully saturated rings. The quantitative estimate of drug-likeness (QED) is 0.847. The first-order valence-electron chi connectivity index (χ1n) is 5.32. The Balaban J connectivity index is 2.10. The predicted octanol–water partition coefficient (Wildman–Crippen LogP) is 3.51. The van der Waals surface area contributed by atoms with Crippen molar-refractivity contribution in [1.82, 2.24) is 9.97 Å². The normalized spacial score (nSPS) is 11.2. The first-order valence-corrected chi connectivity index (χ1v) is 6.12. The molecule has 8 heteroatoms. The summed E-state index contributed by atoms with van der Waals surface area (Å²) in [5.74, 6) is -0.480. The van der Waals surface area contributed by atoms with Gasteiger partial charge in [0.05, 0.1) is 17.4 Å². The van der Waals surface area contributed by atoms with Crippen LogP contribution in [-0.2, 0) is 6.18 Å². The number of nitrogens with zero attached hydrogens (tertiary/aromatic N) is 2. The molecule has 0 aliphatic heterocycles. The van der Waals surface area contributed by atoms with Crippen molar-refractivity contribution < 1.29 is 18.0 Å². The van der Waals surface area contributed by atoms with E-state index in [4.69, 9.17) is 0 Å². The largest absolute Gasteiger partial charge is 0.433 e. The van der Waals surface area contributed by atoms with Crippen LogP contribution in [-0.4, -0.2) is 15.9 Å². The smallest absolute Gasteiger partial charge is 0.321 e. The molecule has 2 rings (SSSR count). The fourth-order valence-corrected chi connectivity index (χ4v) is 1.58. The van der Waals surface area contributed by atoms with Gasteiger partial charge < -0.3 is 5.32 Å². The Morgan fingerprint density at radius 3 is 2.35 bits per heavy atom. The molecule has 0 spiro atoms. The van der Waals surface area contributed by atoms with Gasteiger partial charge in [0, 0.05) is 6.20 Å². The van der Waals surface area contributed by atoms with Crippen LogP contribution in [0.4, 0.5) is 18.9 Å². The molecular weight excluding hydrogens is 339 g/mol. The number of carbonyl (C=O) groups is 1. The van der Waals surface area contributed by atoms with Crippen molar-refractivity contribution in [3.63, 3.8) is 0 Å². The lowest BCUT2D eigenvalue weighted by Gasteiger charge is -2.07. The molecule has 4 nitrogen and oxygen atoms in total. The number of alkyl halides is 3. The Morgan fingerprint density at radius 1 is 1.10 bits per heavy atom. The summed E-state index contributed by atoms with van der Waals surface area (Å²) in [6.07, 6.45) is -2.21. The van der Waals surface area contributed by atoms with E-state index in [-0.39, 0.29) is 11.3 Å². The summed E-state index contributed by atoms with van der Waals surface area (Å²) in [7, 11) is 0. The molecule has 2 heterocycles. The molecule has 0 saturated heterocycles. The molecule has 1 amide bonds. The van der Waals surface area contributed by atoms with Crippen molar-refractivity contribution in [2.45, 2.75) is 6.18 Å². The van der Waals surface area contributed by atoms with E-state index in [1.54, 1.807) is 6.07 Å². The molecule has 104 valence electrons. The molecule has 0 atom stereocenters. The van der Waals surface area contributed by atoms with E-state index in [9.17, 15) is 18.0 Å². The molecule has 20 heavy (non-hydrogen) atoms. The summed E-state index contributed by atoms with van der Waals surface area (Å²) in [4.78, 5) is 18.9. The molecule has 2 aromatic rings. The van der Waals surface area contributed by atoms with Gasteiger partial charge in [-0.05, 0) is 40.2 Å². The van der Waals surface area contributed by atoms with Crippen LogP contribution in [0.15, 0.2) is 41.3 Å². The SMILES string of the molecule is O=C(Nc1ccc(C(F)(F)F)nc1)c1ccc(Br)nc1. The van der Waals surface area contributed by atoms with Crippen LogP contribution in [0.25, 0.3) is 0 Å². The Labute approximate surface area is 120 Å². The minimum atomic E-state index is -4.50. The fourth-order valence-electron chi connectivity index (χ4n) is 1.35. The zero-order chi connectivity index (χ0) is 14.8. The van der Waals surface area contributed by atoms with Gasteiger partial charge in [-0.3, -0.25) is 4.79 Å². The molecule has 0 saturated carbocycles. The second-order valence-corrected chi connectivity index (χ2v) is 4.57. The van der Waals surface area contributed by atoms with Crippen LogP contribution in [0.5, 0.6) is 0 Å². The second kappa shape index (κ2) is 5.58. The van der Waals surface area contributed by atoms with Gasteiger partial charge in [-0.1, -0.05) is 0 Å². The molecule has 1 N–H and O–H groups in total. The van der Waals surface area contributed by atoms with E-state index in [2.05, 4.69) is 31.2 Å². The highest BCUT2D eigenvalue weighted by molar-refractivity contribution is 9.10. The predicted molar refractivity (Wildman–Crippen MR) is 69.1 cm³/mol. The standard InChI is InChI=1S/C12H7BrF3N3O/c13-10-4-1-7(5-18-10)11(20)19-8-2-3-9(17-6-8)12(14,15)16/h1-6H,(H,19,20). The lowest BCUT2D eigenvalue weighted by molar-refractivity contribution is -0.141. The van der Waals surface area contributed by atoms with Crippen molar-refractivity contribution in [2.24, 2.45) is 0 Å². The Morgan fingerprint density at radius 2 is 1.85 bits per heavy atom. The van der Waals surface area contributed by atoms with Gasteiger partial charge in [-0.25, -0.2) is 9.97 Å². The van der Waals surface area contributed by atoms with Crippen molar-refractivity contribution >= 4 is 27.5 Å². The van der Waals surface area contributed by atoms with Gasteiger partial charge in [0.1, 0.15) is 10.3 Å². The number of hydrogen-bond acceptors (Lipinski definition) is 3. The Kier molecular flexibility index (Phi) is 4.03. The van der Waals surface area contributed by atoms with Gasteiger partial charge in [-0.15, -0.1) is 0 Å². The molecule has 0 unspecified atom stereocenters. The maximum atomic E-state index is 12.3. The number of carbonyl (C=O) groups excluding carboxylic acids is 1. The zero-order valence-electron chi connectivity index (χ0n) is 9.78. The molecule has 0 radical (unpaired) electrons. The number of amides is 1. The molecule has 2 aromatic heterocycles. The molecule has 0 bridgehead atoms. The van der Waals surface area contributed by atoms with Crippen molar-refractivity contribution in [3.05, 3.63) is 52.5 Å². The average molecular weight is 346 g/mol. The van der Waals surface area contributed by atoms with E-state index < -0.39 is 17.8 Å². The third-order valence-electron chi connectivity index (χ3n) is 2.30.